The average Bonchev–Trinajstić information content (AvgIpc) is 3.16. The quantitative estimate of drug-likeness (QED) is 0.743. The molecule has 0 radical (unpaired) electrons. The predicted molar refractivity (Wildman–Crippen MR) is 87.1 cm³/mol. The lowest BCUT2D eigenvalue weighted by Crippen LogP contribution is -2.37. The summed E-state index contributed by atoms with van der Waals surface area (Å²) in [6, 6.07) is 1.74. The molecule has 1 aliphatic rings. The molecule has 0 aromatic carbocycles. The van der Waals surface area contributed by atoms with Gasteiger partial charge in [0.2, 0.25) is 10.0 Å². The van der Waals surface area contributed by atoms with Gasteiger partial charge in [0, 0.05) is 31.9 Å². The fraction of sp³-hybridized carbons (Fsp3) is 0.667. The van der Waals surface area contributed by atoms with Crippen LogP contribution < -0.4 is 4.72 Å². The largest absolute Gasteiger partial charge is 0.477 e. The third-order valence-electron chi connectivity index (χ3n) is 4.45. The summed E-state index contributed by atoms with van der Waals surface area (Å²) in [6.07, 6.45) is 6.19. The van der Waals surface area contributed by atoms with Crippen molar-refractivity contribution in [3.63, 3.8) is 0 Å². The number of sulfonamides is 1. The molecule has 0 spiro atoms. The van der Waals surface area contributed by atoms with E-state index in [4.69, 9.17) is 5.11 Å². The molecule has 1 aromatic heterocycles. The highest BCUT2D eigenvalue weighted by Crippen LogP contribution is 2.22. The summed E-state index contributed by atoms with van der Waals surface area (Å²) in [5.41, 5.74) is -0.0176. The molecule has 2 rings (SSSR count). The minimum Gasteiger partial charge on any atom is -0.477 e. The fourth-order valence-electron chi connectivity index (χ4n) is 3.04. The van der Waals surface area contributed by atoms with Crippen molar-refractivity contribution < 1.29 is 18.3 Å². The molecule has 1 heterocycles. The van der Waals surface area contributed by atoms with Gasteiger partial charge in [0.25, 0.3) is 0 Å². The Hall–Kier alpha value is -1.38. The molecule has 1 saturated carbocycles. The molecule has 0 saturated heterocycles. The molecule has 0 atom stereocenters. The number of carboxylic acid groups (broad SMARTS) is 1. The summed E-state index contributed by atoms with van der Waals surface area (Å²) < 4.78 is 28.6. The monoisotopic (exact) mass is 343 g/mol. The molecule has 2 N–H and O–H groups in total. The van der Waals surface area contributed by atoms with Gasteiger partial charge in [-0.1, -0.05) is 12.8 Å². The molecular formula is C15H25N3O4S. The van der Waals surface area contributed by atoms with Crippen molar-refractivity contribution >= 4 is 16.0 Å². The molecule has 1 aromatic rings. The first-order valence-electron chi connectivity index (χ1n) is 7.98. The molecule has 1 aliphatic carbocycles. The number of aromatic nitrogens is 1. The summed E-state index contributed by atoms with van der Waals surface area (Å²) >= 11 is 0. The van der Waals surface area contributed by atoms with Gasteiger partial charge in [0.1, 0.15) is 10.6 Å². The van der Waals surface area contributed by atoms with Gasteiger partial charge in [0.05, 0.1) is 0 Å². The lowest BCUT2D eigenvalue weighted by molar-refractivity contribution is 0.0685. The zero-order chi connectivity index (χ0) is 17.0. The van der Waals surface area contributed by atoms with Crippen LogP contribution in [0.4, 0.5) is 0 Å². The van der Waals surface area contributed by atoms with Crippen LogP contribution in [-0.2, 0) is 16.6 Å². The van der Waals surface area contributed by atoms with Crippen LogP contribution in [0.15, 0.2) is 17.2 Å². The van der Waals surface area contributed by atoms with Gasteiger partial charge in [-0.2, -0.15) is 0 Å². The number of hydrogen-bond donors (Lipinski definition) is 2. The molecule has 0 amide bonds. The standard InChI is InChI=1S/C15H25N3O4S/c1-3-18-11-13(10-14(18)15(19)20)23(21,22)16-8-9-17(2)12-6-4-5-7-12/h10-12,16H,3-9H2,1-2H3,(H,19,20). The number of carbonyl (C=O) groups is 1. The first-order valence-corrected chi connectivity index (χ1v) is 9.47. The third kappa shape index (κ3) is 4.33. The van der Waals surface area contributed by atoms with Crippen molar-refractivity contribution in [1.29, 1.82) is 0 Å². The van der Waals surface area contributed by atoms with E-state index in [2.05, 4.69) is 9.62 Å². The van der Waals surface area contributed by atoms with E-state index in [0.717, 1.165) is 0 Å². The van der Waals surface area contributed by atoms with Crippen molar-refractivity contribution in [1.82, 2.24) is 14.2 Å². The number of aromatic carboxylic acids is 1. The van der Waals surface area contributed by atoms with Crippen LogP contribution in [0.1, 0.15) is 43.1 Å². The molecule has 7 nitrogen and oxygen atoms in total. The Morgan fingerprint density at radius 3 is 2.61 bits per heavy atom. The SMILES string of the molecule is CCn1cc(S(=O)(=O)NCCN(C)C2CCCC2)cc1C(=O)O. The van der Waals surface area contributed by atoms with Gasteiger partial charge in [-0.15, -0.1) is 0 Å². The highest BCUT2D eigenvalue weighted by molar-refractivity contribution is 7.89. The smallest absolute Gasteiger partial charge is 0.352 e. The van der Waals surface area contributed by atoms with Gasteiger partial charge in [0.15, 0.2) is 0 Å². The maximum atomic E-state index is 12.3. The Labute approximate surface area is 137 Å². The lowest BCUT2D eigenvalue weighted by Gasteiger charge is -2.23. The zero-order valence-corrected chi connectivity index (χ0v) is 14.5. The second-order valence-corrected chi connectivity index (χ2v) is 7.74. The van der Waals surface area contributed by atoms with Crippen LogP contribution in [0.3, 0.4) is 0 Å². The normalized spacial score (nSPS) is 16.3. The molecule has 130 valence electrons. The van der Waals surface area contributed by atoms with E-state index in [-0.39, 0.29) is 10.6 Å². The van der Waals surface area contributed by atoms with Crippen LogP contribution in [0.25, 0.3) is 0 Å². The Morgan fingerprint density at radius 1 is 1.43 bits per heavy atom. The summed E-state index contributed by atoms with van der Waals surface area (Å²) in [5.74, 6) is -1.13. The molecule has 8 heteroatoms. The van der Waals surface area contributed by atoms with E-state index in [1.54, 1.807) is 6.92 Å². The van der Waals surface area contributed by atoms with E-state index < -0.39 is 16.0 Å². The number of likely N-dealkylation sites (N-methyl/N-ethyl adjacent to an activating group) is 1. The van der Waals surface area contributed by atoms with Gasteiger partial charge in [-0.25, -0.2) is 17.9 Å². The number of rotatable bonds is 8. The summed E-state index contributed by atoms with van der Waals surface area (Å²) in [7, 11) is -1.67. The molecule has 0 aliphatic heterocycles. The van der Waals surface area contributed by atoms with Crippen LogP contribution >= 0.6 is 0 Å². The van der Waals surface area contributed by atoms with Crippen LogP contribution in [0.2, 0.25) is 0 Å². The van der Waals surface area contributed by atoms with E-state index >= 15 is 0 Å². The highest BCUT2D eigenvalue weighted by Gasteiger charge is 2.22. The number of aryl methyl sites for hydroxylation is 1. The molecule has 1 fully saturated rings. The molecule has 0 bridgehead atoms. The predicted octanol–water partition coefficient (Wildman–Crippen LogP) is 1.36. The summed E-state index contributed by atoms with van der Waals surface area (Å²) in [4.78, 5) is 13.3. The Bertz CT molecular complexity index is 648. The minimum absolute atomic E-state index is 0.000249. The van der Waals surface area contributed by atoms with Crippen molar-refractivity contribution in [3.05, 3.63) is 18.0 Å². The third-order valence-corrected chi connectivity index (χ3v) is 5.87. The number of hydrogen-bond acceptors (Lipinski definition) is 4. The van der Waals surface area contributed by atoms with Crippen LogP contribution in [0.5, 0.6) is 0 Å². The van der Waals surface area contributed by atoms with Crippen LogP contribution in [-0.4, -0.2) is 55.1 Å². The Morgan fingerprint density at radius 2 is 2.09 bits per heavy atom. The van der Waals surface area contributed by atoms with E-state index in [1.165, 1.54) is 42.5 Å². The summed E-state index contributed by atoms with van der Waals surface area (Å²) in [5, 5.41) is 9.10. The number of carboxylic acids is 1. The Kier molecular flexibility index (Phi) is 5.83. The zero-order valence-electron chi connectivity index (χ0n) is 13.7. The minimum atomic E-state index is -3.69. The fourth-order valence-corrected chi connectivity index (χ4v) is 4.10. The van der Waals surface area contributed by atoms with Crippen molar-refractivity contribution in [3.8, 4) is 0 Å². The van der Waals surface area contributed by atoms with E-state index in [1.807, 2.05) is 7.05 Å². The summed E-state index contributed by atoms with van der Waals surface area (Å²) in [6.45, 7) is 3.13. The molecule has 0 unspecified atom stereocenters. The van der Waals surface area contributed by atoms with E-state index in [9.17, 15) is 13.2 Å². The van der Waals surface area contributed by atoms with Gasteiger partial charge in [-0.05, 0) is 32.9 Å². The molecule has 23 heavy (non-hydrogen) atoms. The number of nitrogens with one attached hydrogen (secondary N) is 1. The van der Waals surface area contributed by atoms with Crippen molar-refractivity contribution in [2.45, 2.75) is 50.1 Å². The average molecular weight is 343 g/mol. The maximum absolute atomic E-state index is 12.3. The Balaban J connectivity index is 1.97. The van der Waals surface area contributed by atoms with Gasteiger partial charge < -0.3 is 14.6 Å². The topological polar surface area (TPSA) is 91.6 Å². The second kappa shape index (κ2) is 7.46. The van der Waals surface area contributed by atoms with E-state index in [0.29, 0.717) is 25.7 Å². The first-order chi connectivity index (χ1) is 10.8. The number of nitrogens with zero attached hydrogens (tertiary/aromatic N) is 2. The van der Waals surface area contributed by atoms with Gasteiger partial charge >= 0.3 is 5.97 Å². The van der Waals surface area contributed by atoms with Crippen molar-refractivity contribution in [2.24, 2.45) is 0 Å². The second-order valence-electron chi connectivity index (χ2n) is 5.97. The van der Waals surface area contributed by atoms with Crippen LogP contribution in [0, 0.1) is 0 Å². The van der Waals surface area contributed by atoms with Crippen molar-refractivity contribution in [2.75, 3.05) is 20.1 Å². The van der Waals surface area contributed by atoms with Gasteiger partial charge in [-0.3, -0.25) is 0 Å². The molecular weight excluding hydrogens is 318 g/mol. The highest BCUT2D eigenvalue weighted by atomic mass is 32.2. The first kappa shape index (κ1) is 18.0. The maximum Gasteiger partial charge on any atom is 0.352 e. The lowest BCUT2D eigenvalue weighted by atomic mass is 10.2.